The van der Waals surface area contributed by atoms with E-state index in [9.17, 15) is 4.79 Å². The molecule has 0 fully saturated rings. The Balaban J connectivity index is 2.57. The van der Waals surface area contributed by atoms with Crippen LogP contribution < -0.4 is 5.32 Å². The molecule has 0 radical (unpaired) electrons. The SMILES string of the molecule is CCOCC(Cc1ccccc1)NC(=O)OC(C)(C)C. The van der Waals surface area contributed by atoms with Crippen molar-refractivity contribution in [3.8, 4) is 0 Å². The van der Waals surface area contributed by atoms with Crippen molar-refractivity contribution in [3.63, 3.8) is 0 Å². The van der Waals surface area contributed by atoms with E-state index in [-0.39, 0.29) is 6.04 Å². The molecule has 4 heteroatoms. The molecule has 0 aromatic heterocycles. The largest absolute Gasteiger partial charge is 0.444 e. The van der Waals surface area contributed by atoms with Crippen LogP contribution in [0.25, 0.3) is 0 Å². The van der Waals surface area contributed by atoms with Gasteiger partial charge in [0.15, 0.2) is 0 Å². The lowest BCUT2D eigenvalue weighted by Crippen LogP contribution is -2.42. The fraction of sp³-hybridized carbons (Fsp3) is 0.562. The lowest BCUT2D eigenvalue weighted by molar-refractivity contribution is 0.0449. The zero-order valence-electron chi connectivity index (χ0n) is 12.8. The number of ether oxygens (including phenoxy) is 2. The second-order valence-corrected chi connectivity index (χ2v) is 5.69. The molecule has 1 aromatic rings. The molecule has 1 rings (SSSR count). The molecule has 0 saturated heterocycles. The number of carbonyl (C=O) groups is 1. The Hall–Kier alpha value is -1.55. The molecular weight excluding hydrogens is 254 g/mol. The Morgan fingerprint density at radius 1 is 1.25 bits per heavy atom. The summed E-state index contributed by atoms with van der Waals surface area (Å²) in [7, 11) is 0. The number of amides is 1. The van der Waals surface area contributed by atoms with Gasteiger partial charge in [0.2, 0.25) is 0 Å². The van der Waals surface area contributed by atoms with E-state index in [0.29, 0.717) is 13.2 Å². The van der Waals surface area contributed by atoms with Crippen LogP contribution in [0.3, 0.4) is 0 Å². The summed E-state index contributed by atoms with van der Waals surface area (Å²) in [4.78, 5) is 11.8. The van der Waals surface area contributed by atoms with Crippen LogP contribution in [-0.4, -0.2) is 30.9 Å². The predicted molar refractivity (Wildman–Crippen MR) is 79.8 cm³/mol. The molecule has 0 heterocycles. The number of hydrogen-bond acceptors (Lipinski definition) is 3. The second-order valence-electron chi connectivity index (χ2n) is 5.69. The number of alkyl carbamates (subject to hydrolysis) is 1. The van der Waals surface area contributed by atoms with E-state index in [4.69, 9.17) is 9.47 Å². The quantitative estimate of drug-likeness (QED) is 0.870. The van der Waals surface area contributed by atoms with Crippen molar-refractivity contribution in [1.29, 1.82) is 0 Å². The van der Waals surface area contributed by atoms with Crippen LogP contribution in [0.5, 0.6) is 0 Å². The molecule has 0 aliphatic heterocycles. The number of nitrogens with one attached hydrogen (secondary N) is 1. The lowest BCUT2D eigenvalue weighted by atomic mass is 10.1. The van der Waals surface area contributed by atoms with Crippen molar-refractivity contribution >= 4 is 6.09 Å². The first-order valence-corrected chi connectivity index (χ1v) is 7.02. The van der Waals surface area contributed by atoms with E-state index < -0.39 is 11.7 Å². The van der Waals surface area contributed by atoms with Crippen LogP contribution in [0.4, 0.5) is 4.79 Å². The van der Waals surface area contributed by atoms with Gasteiger partial charge in [-0.2, -0.15) is 0 Å². The molecule has 1 aromatic carbocycles. The van der Waals surface area contributed by atoms with E-state index in [0.717, 1.165) is 12.0 Å². The standard InChI is InChI=1S/C16H25NO3/c1-5-19-12-14(11-13-9-7-6-8-10-13)17-15(18)20-16(2,3)4/h6-10,14H,5,11-12H2,1-4H3,(H,17,18). The van der Waals surface area contributed by atoms with Gasteiger partial charge in [0.1, 0.15) is 5.60 Å². The van der Waals surface area contributed by atoms with E-state index >= 15 is 0 Å². The van der Waals surface area contributed by atoms with Crippen molar-refractivity contribution in [2.45, 2.75) is 45.8 Å². The minimum atomic E-state index is -0.493. The Kier molecular flexibility index (Phi) is 6.52. The Morgan fingerprint density at radius 2 is 1.90 bits per heavy atom. The second kappa shape index (κ2) is 7.90. The monoisotopic (exact) mass is 279 g/mol. The molecular formula is C16H25NO3. The minimum Gasteiger partial charge on any atom is -0.444 e. The zero-order chi connectivity index (χ0) is 15.0. The highest BCUT2D eigenvalue weighted by molar-refractivity contribution is 5.68. The highest BCUT2D eigenvalue weighted by Gasteiger charge is 2.19. The molecule has 0 spiro atoms. The van der Waals surface area contributed by atoms with E-state index in [1.165, 1.54) is 0 Å². The summed E-state index contributed by atoms with van der Waals surface area (Å²) in [6, 6.07) is 9.93. The van der Waals surface area contributed by atoms with Crippen molar-refractivity contribution < 1.29 is 14.3 Å². The van der Waals surface area contributed by atoms with Gasteiger partial charge in [0.25, 0.3) is 0 Å². The summed E-state index contributed by atoms with van der Waals surface area (Å²) in [5.41, 5.74) is 0.667. The van der Waals surface area contributed by atoms with Crippen LogP contribution in [0.15, 0.2) is 30.3 Å². The van der Waals surface area contributed by atoms with Crippen molar-refractivity contribution in [3.05, 3.63) is 35.9 Å². The molecule has 20 heavy (non-hydrogen) atoms. The molecule has 0 aliphatic rings. The van der Waals surface area contributed by atoms with Crippen molar-refractivity contribution in [2.75, 3.05) is 13.2 Å². The number of carbonyl (C=O) groups excluding carboxylic acids is 1. The topological polar surface area (TPSA) is 47.6 Å². The average Bonchev–Trinajstić information content (AvgIpc) is 2.35. The smallest absolute Gasteiger partial charge is 0.407 e. The highest BCUT2D eigenvalue weighted by Crippen LogP contribution is 2.08. The van der Waals surface area contributed by atoms with E-state index in [2.05, 4.69) is 5.32 Å². The molecule has 0 bridgehead atoms. The Labute approximate surface area is 121 Å². The molecule has 112 valence electrons. The summed E-state index contributed by atoms with van der Waals surface area (Å²) in [5, 5.41) is 2.87. The summed E-state index contributed by atoms with van der Waals surface area (Å²) in [5.74, 6) is 0. The van der Waals surface area contributed by atoms with Gasteiger partial charge < -0.3 is 14.8 Å². The Morgan fingerprint density at radius 3 is 2.45 bits per heavy atom. The number of rotatable bonds is 6. The normalized spacial score (nSPS) is 12.8. The third-order valence-corrected chi connectivity index (χ3v) is 2.57. The van der Waals surface area contributed by atoms with Gasteiger partial charge in [-0.05, 0) is 39.7 Å². The Bertz CT molecular complexity index is 398. The highest BCUT2D eigenvalue weighted by atomic mass is 16.6. The van der Waals surface area contributed by atoms with Crippen molar-refractivity contribution in [1.82, 2.24) is 5.32 Å². The summed E-state index contributed by atoms with van der Waals surface area (Å²) in [6.07, 6.45) is 0.318. The molecule has 0 aliphatic carbocycles. The van der Waals surface area contributed by atoms with Gasteiger partial charge in [-0.1, -0.05) is 30.3 Å². The van der Waals surface area contributed by atoms with E-state index in [1.807, 2.05) is 58.0 Å². The lowest BCUT2D eigenvalue weighted by Gasteiger charge is -2.23. The third-order valence-electron chi connectivity index (χ3n) is 2.57. The fourth-order valence-electron chi connectivity index (χ4n) is 1.78. The van der Waals surface area contributed by atoms with Gasteiger partial charge in [-0.15, -0.1) is 0 Å². The van der Waals surface area contributed by atoms with Crippen molar-refractivity contribution in [2.24, 2.45) is 0 Å². The molecule has 4 nitrogen and oxygen atoms in total. The maximum Gasteiger partial charge on any atom is 0.407 e. The molecule has 1 N–H and O–H groups in total. The first-order valence-electron chi connectivity index (χ1n) is 7.02. The maximum absolute atomic E-state index is 11.8. The summed E-state index contributed by atoms with van der Waals surface area (Å²) >= 11 is 0. The molecule has 1 atom stereocenters. The van der Waals surface area contributed by atoms with Crippen LogP contribution in [0, 0.1) is 0 Å². The molecule has 0 saturated carbocycles. The average molecular weight is 279 g/mol. The summed E-state index contributed by atoms with van der Waals surface area (Å²) in [6.45, 7) is 8.59. The van der Waals surface area contributed by atoms with Crippen LogP contribution in [0.1, 0.15) is 33.3 Å². The first-order chi connectivity index (χ1) is 9.40. The molecule has 1 unspecified atom stereocenters. The number of benzene rings is 1. The van der Waals surface area contributed by atoms with Gasteiger partial charge in [-0.25, -0.2) is 4.79 Å². The summed E-state index contributed by atoms with van der Waals surface area (Å²) < 4.78 is 10.7. The van der Waals surface area contributed by atoms with Gasteiger partial charge >= 0.3 is 6.09 Å². The van der Waals surface area contributed by atoms with Gasteiger partial charge in [-0.3, -0.25) is 0 Å². The van der Waals surface area contributed by atoms with Gasteiger partial charge in [0, 0.05) is 6.61 Å². The third kappa shape index (κ3) is 7.14. The predicted octanol–water partition coefficient (Wildman–Crippen LogP) is 3.16. The van der Waals surface area contributed by atoms with Crippen LogP contribution in [-0.2, 0) is 15.9 Å². The fourth-order valence-corrected chi connectivity index (χ4v) is 1.78. The molecule has 1 amide bonds. The number of hydrogen-bond donors (Lipinski definition) is 1. The van der Waals surface area contributed by atoms with Gasteiger partial charge in [0.05, 0.1) is 12.6 Å². The zero-order valence-corrected chi connectivity index (χ0v) is 12.8. The van der Waals surface area contributed by atoms with Crippen LogP contribution >= 0.6 is 0 Å². The maximum atomic E-state index is 11.8. The first kappa shape index (κ1) is 16.5. The van der Waals surface area contributed by atoms with Crippen LogP contribution in [0.2, 0.25) is 0 Å². The van der Waals surface area contributed by atoms with E-state index in [1.54, 1.807) is 0 Å². The minimum absolute atomic E-state index is 0.0906.